The molecule has 1 heterocycles. The quantitative estimate of drug-likeness (QED) is 0.882. The molecule has 24 heavy (non-hydrogen) atoms. The molecule has 0 bridgehead atoms. The Morgan fingerprint density at radius 2 is 2.08 bits per heavy atom. The minimum absolute atomic E-state index is 0.00611. The summed E-state index contributed by atoms with van der Waals surface area (Å²) in [5.41, 5.74) is 1.05. The third-order valence-corrected chi connectivity index (χ3v) is 5.16. The summed E-state index contributed by atoms with van der Waals surface area (Å²) in [6, 6.07) is 5.42. The highest BCUT2D eigenvalue weighted by molar-refractivity contribution is 5.96. The average molecular weight is 333 g/mol. The third kappa shape index (κ3) is 3.11. The van der Waals surface area contributed by atoms with Gasteiger partial charge in [-0.05, 0) is 44.7 Å². The molecule has 130 valence electrons. The summed E-state index contributed by atoms with van der Waals surface area (Å²) in [4.78, 5) is 23.6. The maximum atomic E-state index is 12.6. The van der Waals surface area contributed by atoms with Gasteiger partial charge in [-0.3, -0.25) is 9.59 Å². The topological polar surface area (TPSA) is 84.9 Å². The molecule has 3 rings (SSSR count). The van der Waals surface area contributed by atoms with Crippen LogP contribution in [0, 0.1) is 12.8 Å². The van der Waals surface area contributed by atoms with E-state index in [1.54, 1.807) is 19.2 Å². The van der Waals surface area contributed by atoms with Gasteiger partial charge in [0, 0.05) is 23.8 Å². The number of nitrogens with one attached hydrogen (secondary N) is 1. The molecular weight excluding hydrogens is 310 g/mol. The average Bonchev–Trinajstić information content (AvgIpc) is 2.52. The summed E-state index contributed by atoms with van der Waals surface area (Å²) in [7, 11) is 1.59. The number of carbonyl (C=O) groups excluding carboxylic acids is 1. The number of rotatable bonds is 4. The monoisotopic (exact) mass is 333 g/mol. The Bertz CT molecular complexity index is 651. The molecule has 6 heteroatoms. The molecule has 2 fully saturated rings. The number of carboxylic acid groups (broad SMARTS) is 1. The molecule has 2 aliphatic rings. The van der Waals surface area contributed by atoms with Crippen LogP contribution in [0.1, 0.15) is 41.6 Å². The zero-order valence-electron chi connectivity index (χ0n) is 14.0. The van der Waals surface area contributed by atoms with Crippen molar-refractivity contribution in [1.82, 2.24) is 5.32 Å². The van der Waals surface area contributed by atoms with E-state index >= 15 is 0 Å². The van der Waals surface area contributed by atoms with E-state index in [4.69, 9.17) is 14.6 Å². The second kappa shape index (κ2) is 6.43. The SMILES string of the molecule is COc1cccc(C(=O)NC2CCOC3(C2)CC(C(=O)O)C3)c1C. The number of aliphatic carboxylic acids is 1. The maximum Gasteiger partial charge on any atom is 0.306 e. The van der Waals surface area contributed by atoms with E-state index in [1.807, 2.05) is 13.0 Å². The molecule has 1 atom stereocenters. The van der Waals surface area contributed by atoms with Crippen molar-refractivity contribution in [2.45, 2.75) is 44.2 Å². The van der Waals surface area contributed by atoms with E-state index < -0.39 is 5.97 Å². The van der Waals surface area contributed by atoms with Crippen LogP contribution < -0.4 is 10.1 Å². The van der Waals surface area contributed by atoms with Crippen molar-refractivity contribution in [3.8, 4) is 5.75 Å². The molecule has 6 nitrogen and oxygen atoms in total. The highest BCUT2D eigenvalue weighted by atomic mass is 16.5. The largest absolute Gasteiger partial charge is 0.496 e. The molecule has 0 aromatic heterocycles. The minimum atomic E-state index is -0.762. The van der Waals surface area contributed by atoms with Gasteiger partial charge < -0.3 is 19.9 Å². The van der Waals surface area contributed by atoms with Gasteiger partial charge in [-0.2, -0.15) is 0 Å². The number of ether oxygens (including phenoxy) is 2. The highest BCUT2D eigenvalue weighted by Gasteiger charge is 2.51. The third-order valence-electron chi connectivity index (χ3n) is 5.16. The number of amides is 1. The first-order valence-electron chi connectivity index (χ1n) is 8.25. The first-order valence-corrected chi connectivity index (χ1v) is 8.25. The molecule has 1 aliphatic carbocycles. The Labute approximate surface area is 141 Å². The van der Waals surface area contributed by atoms with Crippen LogP contribution in [-0.2, 0) is 9.53 Å². The normalized spacial score (nSPS) is 28.9. The van der Waals surface area contributed by atoms with Crippen molar-refractivity contribution in [2.75, 3.05) is 13.7 Å². The Morgan fingerprint density at radius 1 is 1.33 bits per heavy atom. The van der Waals surface area contributed by atoms with Gasteiger partial charge >= 0.3 is 5.97 Å². The number of hydrogen-bond donors (Lipinski definition) is 2. The van der Waals surface area contributed by atoms with Gasteiger partial charge in [-0.15, -0.1) is 0 Å². The lowest BCUT2D eigenvalue weighted by atomic mass is 9.66. The lowest BCUT2D eigenvalue weighted by Crippen LogP contribution is -2.56. The molecule has 2 N–H and O–H groups in total. The van der Waals surface area contributed by atoms with E-state index in [2.05, 4.69) is 5.32 Å². The Kier molecular flexibility index (Phi) is 4.49. The van der Waals surface area contributed by atoms with E-state index in [0.29, 0.717) is 37.2 Å². The van der Waals surface area contributed by atoms with Crippen molar-refractivity contribution < 1.29 is 24.2 Å². The molecular formula is C18H23NO5. The number of methoxy groups -OCH3 is 1. The summed E-state index contributed by atoms with van der Waals surface area (Å²) in [5, 5.41) is 12.1. The van der Waals surface area contributed by atoms with Crippen LogP contribution in [0.15, 0.2) is 18.2 Å². The van der Waals surface area contributed by atoms with Crippen molar-refractivity contribution in [2.24, 2.45) is 5.92 Å². The highest BCUT2D eigenvalue weighted by Crippen LogP contribution is 2.46. The lowest BCUT2D eigenvalue weighted by Gasteiger charge is -2.50. The van der Waals surface area contributed by atoms with E-state index in [1.165, 1.54) is 0 Å². The second-order valence-electron chi connectivity index (χ2n) is 6.77. The van der Waals surface area contributed by atoms with E-state index in [0.717, 1.165) is 12.0 Å². The first kappa shape index (κ1) is 16.8. The summed E-state index contributed by atoms with van der Waals surface area (Å²) in [6.07, 6.45) is 2.49. The van der Waals surface area contributed by atoms with Gasteiger partial charge in [-0.25, -0.2) is 0 Å². The molecule has 1 amide bonds. The predicted molar refractivity (Wildman–Crippen MR) is 87.3 cm³/mol. The van der Waals surface area contributed by atoms with Crippen LogP contribution in [0.3, 0.4) is 0 Å². The zero-order chi connectivity index (χ0) is 17.3. The Balaban J connectivity index is 1.64. The van der Waals surface area contributed by atoms with Gasteiger partial charge in [0.1, 0.15) is 5.75 Å². The van der Waals surface area contributed by atoms with Gasteiger partial charge in [0.05, 0.1) is 18.6 Å². The van der Waals surface area contributed by atoms with Crippen molar-refractivity contribution >= 4 is 11.9 Å². The molecule has 1 saturated carbocycles. The van der Waals surface area contributed by atoms with Crippen molar-refractivity contribution in [3.63, 3.8) is 0 Å². The van der Waals surface area contributed by atoms with E-state index in [9.17, 15) is 9.59 Å². The van der Waals surface area contributed by atoms with Crippen LogP contribution >= 0.6 is 0 Å². The number of carbonyl (C=O) groups is 2. The fourth-order valence-electron chi connectivity index (χ4n) is 3.79. The fourth-order valence-corrected chi connectivity index (χ4v) is 3.79. The zero-order valence-corrected chi connectivity index (χ0v) is 14.0. The van der Waals surface area contributed by atoms with Crippen LogP contribution in [0.2, 0.25) is 0 Å². The number of benzene rings is 1. The maximum absolute atomic E-state index is 12.6. The Morgan fingerprint density at radius 3 is 2.75 bits per heavy atom. The van der Waals surface area contributed by atoms with Crippen LogP contribution in [0.5, 0.6) is 5.75 Å². The van der Waals surface area contributed by atoms with Crippen molar-refractivity contribution in [3.05, 3.63) is 29.3 Å². The summed E-state index contributed by atoms with van der Waals surface area (Å²) in [5.74, 6) is -0.514. The Hall–Kier alpha value is -2.08. The lowest BCUT2D eigenvalue weighted by molar-refractivity contribution is -0.181. The molecule has 1 spiro atoms. The molecule has 0 radical (unpaired) electrons. The van der Waals surface area contributed by atoms with Gasteiger partial charge in [0.25, 0.3) is 5.91 Å². The van der Waals surface area contributed by atoms with Gasteiger partial charge in [0.2, 0.25) is 0 Å². The van der Waals surface area contributed by atoms with Crippen LogP contribution in [-0.4, -0.2) is 42.3 Å². The summed E-state index contributed by atoms with van der Waals surface area (Å²) < 4.78 is 11.1. The molecule has 1 unspecified atom stereocenters. The molecule has 1 aliphatic heterocycles. The predicted octanol–water partition coefficient (Wildman–Crippen LogP) is 2.15. The summed E-state index contributed by atoms with van der Waals surface area (Å²) in [6.45, 7) is 2.41. The van der Waals surface area contributed by atoms with Gasteiger partial charge in [-0.1, -0.05) is 6.07 Å². The number of carboxylic acids is 1. The molecule has 1 saturated heterocycles. The van der Waals surface area contributed by atoms with Crippen molar-refractivity contribution in [1.29, 1.82) is 0 Å². The molecule has 1 aromatic rings. The van der Waals surface area contributed by atoms with Gasteiger partial charge in [0.15, 0.2) is 0 Å². The number of hydrogen-bond acceptors (Lipinski definition) is 4. The molecule has 1 aromatic carbocycles. The first-order chi connectivity index (χ1) is 11.4. The standard InChI is InChI=1S/C18H23NO5/c1-11-14(4-3-5-15(11)23-2)16(20)19-13-6-7-24-18(10-13)8-12(9-18)17(21)22/h3-5,12-13H,6-10H2,1-2H3,(H,19,20)(H,21,22). The second-order valence-corrected chi connectivity index (χ2v) is 6.77. The smallest absolute Gasteiger partial charge is 0.306 e. The minimum Gasteiger partial charge on any atom is -0.496 e. The van der Waals surface area contributed by atoms with Crippen LogP contribution in [0.25, 0.3) is 0 Å². The van der Waals surface area contributed by atoms with E-state index in [-0.39, 0.29) is 23.5 Å². The summed E-state index contributed by atoms with van der Waals surface area (Å²) >= 11 is 0. The fraction of sp³-hybridized carbons (Fsp3) is 0.556. The van der Waals surface area contributed by atoms with Crippen LogP contribution in [0.4, 0.5) is 0 Å².